The summed E-state index contributed by atoms with van der Waals surface area (Å²) in [5.41, 5.74) is 6.76. The molecular formula is C15H26ClN3O2. The van der Waals surface area contributed by atoms with Gasteiger partial charge in [-0.2, -0.15) is 0 Å². The van der Waals surface area contributed by atoms with Gasteiger partial charge in [-0.1, -0.05) is 24.4 Å². The minimum Gasteiger partial charge on any atom is -0.361 e. The number of rotatable bonds is 5. The second-order valence-electron chi connectivity index (χ2n) is 6.12. The lowest BCUT2D eigenvalue weighted by atomic mass is 9.71. The van der Waals surface area contributed by atoms with Crippen LogP contribution in [0.25, 0.3) is 0 Å². The van der Waals surface area contributed by atoms with Crippen molar-refractivity contribution in [1.29, 1.82) is 0 Å². The fourth-order valence-corrected chi connectivity index (χ4v) is 3.03. The number of hydrogen-bond donors (Lipinski definition) is 1. The molecule has 0 radical (unpaired) electrons. The van der Waals surface area contributed by atoms with Gasteiger partial charge in [0.15, 0.2) is 0 Å². The van der Waals surface area contributed by atoms with Crippen LogP contribution in [0.2, 0.25) is 0 Å². The van der Waals surface area contributed by atoms with Gasteiger partial charge in [-0.3, -0.25) is 4.79 Å². The highest BCUT2D eigenvalue weighted by atomic mass is 35.5. The van der Waals surface area contributed by atoms with Crippen LogP contribution in [0.5, 0.6) is 0 Å². The van der Waals surface area contributed by atoms with Crippen LogP contribution in [0.1, 0.15) is 50.0 Å². The molecule has 2 N–H and O–H groups in total. The van der Waals surface area contributed by atoms with Crippen molar-refractivity contribution in [2.24, 2.45) is 11.1 Å². The van der Waals surface area contributed by atoms with Crippen molar-refractivity contribution in [3.63, 3.8) is 0 Å². The van der Waals surface area contributed by atoms with Crippen molar-refractivity contribution >= 4 is 18.3 Å². The van der Waals surface area contributed by atoms with Crippen LogP contribution in [0.3, 0.4) is 0 Å². The molecule has 120 valence electrons. The van der Waals surface area contributed by atoms with Gasteiger partial charge in [-0.15, -0.1) is 12.4 Å². The summed E-state index contributed by atoms with van der Waals surface area (Å²) < 4.78 is 5.03. The monoisotopic (exact) mass is 315 g/mol. The second kappa shape index (κ2) is 7.80. The predicted molar refractivity (Wildman–Crippen MR) is 84.2 cm³/mol. The van der Waals surface area contributed by atoms with E-state index in [1.54, 1.807) is 4.90 Å². The van der Waals surface area contributed by atoms with Gasteiger partial charge in [-0.25, -0.2) is 0 Å². The molecule has 0 bridgehead atoms. The van der Waals surface area contributed by atoms with Crippen LogP contribution in [-0.4, -0.2) is 29.6 Å². The molecule has 5 nitrogen and oxygen atoms in total. The molecule has 1 aliphatic rings. The number of amides is 1. The Morgan fingerprint density at radius 3 is 2.62 bits per heavy atom. The Bertz CT molecular complexity index is 456. The van der Waals surface area contributed by atoms with Gasteiger partial charge in [0.2, 0.25) is 5.91 Å². The number of carbonyl (C=O) groups excluding carboxylic acids is 1. The zero-order valence-corrected chi connectivity index (χ0v) is 13.7. The summed E-state index contributed by atoms with van der Waals surface area (Å²) in [6, 6.07) is 1.86. The van der Waals surface area contributed by atoms with Crippen molar-refractivity contribution in [2.75, 3.05) is 13.6 Å². The van der Waals surface area contributed by atoms with Crippen molar-refractivity contribution in [3.8, 4) is 0 Å². The Balaban J connectivity index is 0.00000220. The maximum Gasteiger partial charge on any atom is 0.223 e. The average molecular weight is 316 g/mol. The molecule has 2 rings (SSSR count). The van der Waals surface area contributed by atoms with Gasteiger partial charge in [0.05, 0.1) is 6.54 Å². The van der Waals surface area contributed by atoms with E-state index in [0.717, 1.165) is 24.3 Å². The van der Waals surface area contributed by atoms with Gasteiger partial charge >= 0.3 is 0 Å². The molecule has 1 heterocycles. The fraction of sp³-hybridized carbons (Fsp3) is 0.733. The molecule has 1 fully saturated rings. The highest BCUT2D eigenvalue weighted by molar-refractivity contribution is 5.85. The molecule has 0 unspecified atom stereocenters. The molecule has 0 spiro atoms. The third-order valence-corrected chi connectivity index (χ3v) is 4.38. The second-order valence-corrected chi connectivity index (χ2v) is 6.12. The number of nitrogens with two attached hydrogens (primary N) is 1. The van der Waals surface area contributed by atoms with Crippen LogP contribution >= 0.6 is 12.4 Å². The molecule has 1 aromatic rings. The Kier molecular flexibility index (Phi) is 6.68. The van der Waals surface area contributed by atoms with E-state index in [0.29, 0.717) is 19.5 Å². The summed E-state index contributed by atoms with van der Waals surface area (Å²) >= 11 is 0. The van der Waals surface area contributed by atoms with E-state index >= 15 is 0 Å². The van der Waals surface area contributed by atoms with Gasteiger partial charge in [0.25, 0.3) is 0 Å². The zero-order valence-electron chi connectivity index (χ0n) is 12.9. The summed E-state index contributed by atoms with van der Waals surface area (Å²) in [7, 11) is 1.82. The Hall–Kier alpha value is -1.07. The van der Waals surface area contributed by atoms with Crippen molar-refractivity contribution in [1.82, 2.24) is 10.1 Å². The van der Waals surface area contributed by atoms with E-state index in [1.165, 1.54) is 19.3 Å². The van der Waals surface area contributed by atoms with E-state index in [2.05, 4.69) is 5.16 Å². The molecule has 0 aromatic carbocycles. The quantitative estimate of drug-likeness (QED) is 0.906. The molecule has 1 amide bonds. The molecule has 1 saturated carbocycles. The van der Waals surface area contributed by atoms with Crippen LogP contribution in [0, 0.1) is 12.3 Å². The Labute approximate surface area is 132 Å². The van der Waals surface area contributed by atoms with Crippen LogP contribution in [-0.2, 0) is 11.3 Å². The van der Waals surface area contributed by atoms with Gasteiger partial charge in [-0.05, 0) is 31.7 Å². The third-order valence-electron chi connectivity index (χ3n) is 4.38. The maximum absolute atomic E-state index is 12.4. The number of aromatic nitrogens is 1. The summed E-state index contributed by atoms with van der Waals surface area (Å²) in [5, 5.41) is 3.93. The van der Waals surface area contributed by atoms with E-state index in [4.69, 9.17) is 10.3 Å². The summed E-state index contributed by atoms with van der Waals surface area (Å²) in [4.78, 5) is 14.1. The molecule has 1 aliphatic carbocycles. The van der Waals surface area contributed by atoms with Crippen LogP contribution < -0.4 is 5.73 Å². The Morgan fingerprint density at radius 1 is 1.43 bits per heavy atom. The van der Waals surface area contributed by atoms with Gasteiger partial charge < -0.3 is 15.2 Å². The van der Waals surface area contributed by atoms with E-state index < -0.39 is 0 Å². The van der Waals surface area contributed by atoms with E-state index in [1.807, 2.05) is 20.0 Å². The average Bonchev–Trinajstić information content (AvgIpc) is 2.85. The minimum atomic E-state index is 0. The summed E-state index contributed by atoms with van der Waals surface area (Å²) in [6.07, 6.45) is 6.35. The lowest BCUT2D eigenvalue weighted by molar-refractivity contribution is -0.133. The normalized spacial score (nSPS) is 17.1. The van der Waals surface area contributed by atoms with E-state index in [9.17, 15) is 4.79 Å². The highest BCUT2D eigenvalue weighted by Gasteiger charge is 2.33. The van der Waals surface area contributed by atoms with Crippen molar-refractivity contribution < 1.29 is 9.32 Å². The molecule has 6 heteroatoms. The van der Waals surface area contributed by atoms with Crippen molar-refractivity contribution in [2.45, 2.75) is 52.0 Å². The lowest BCUT2D eigenvalue weighted by Crippen LogP contribution is -2.39. The zero-order chi connectivity index (χ0) is 14.6. The number of carbonyl (C=O) groups is 1. The SMILES string of the molecule is Cc1cc(CN(C)C(=O)CC2(CN)CCCCC2)no1.Cl. The highest BCUT2D eigenvalue weighted by Crippen LogP contribution is 2.38. The first-order valence-electron chi connectivity index (χ1n) is 7.41. The molecule has 21 heavy (non-hydrogen) atoms. The Morgan fingerprint density at radius 2 is 2.10 bits per heavy atom. The number of hydrogen-bond acceptors (Lipinski definition) is 4. The van der Waals surface area contributed by atoms with Crippen molar-refractivity contribution in [3.05, 3.63) is 17.5 Å². The first-order chi connectivity index (χ1) is 9.54. The lowest BCUT2D eigenvalue weighted by Gasteiger charge is -2.36. The predicted octanol–water partition coefficient (Wildman–Crippen LogP) is 2.66. The molecule has 1 aromatic heterocycles. The van der Waals surface area contributed by atoms with E-state index in [-0.39, 0.29) is 23.7 Å². The standard InChI is InChI=1S/C15H25N3O2.ClH/c1-12-8-13(17-20-12)10-18(2)14(19)9-15(11-16)6-4-3-5-7-15;/h8H,3-7,9-11,16H2,1-2H3;1H. The largest absolute Gasteiger partial charge is 0.361 e. The van der Waals surface area contributed by atoms with Crippen LogP contribution in [0.4, 0.5) is 0 Å². The first kappa shape index (κ1) is 18.0. The fourth-order valence-electron chi connectivity index (χ4n) is 3.03. The molecule has 0 saturated heterocycles. The summed E-state index contributed by atoms with van der Waals surface area (Å²) in [6.45, 7) is 2.95. The summed E-state index contributed by atoms with van der Waals surface area (Å²) in [5.74, 6) is 0.921. The number of aryl methyl sites for hydroxylation is 1. The minimum absolute atomic E-state index is 0. The third kappa shape index (κ3) is 4.71. The molecule has 0 atom stereocenters. The number of halogens is 1. The topological polar surface area (TPSA) is 72.4 Å². The first-order valence-corrected chi connectivity index (χ1v) is 7.41. The maximum atomic E-state index is 12.4. The number of nitrogens with zero attached hydrogens (tertiary/aromatic N) is 2. The molecule has 0 aliphatic heterocycles. The van der Waals surface area contributed by atoms with Crippen LogP contribution in [0.15, 0.2) is 10.6 Å². The van der Waals surface area contributed by atoms with Gasteiger partial charge in [0, 0.05) is 19.5 Å². The van der Waals surface area contributed by atoms with Gasteiger partial charge in [0.1, 0.15) is 11.5 Å². The smallest absolute Gasteiger partial charge is 0.223 e. The molecular weight excluding hydrogens is 290 g/mol.